The van der Waals surface area contributed by atoms with Gasteiger partial charge in [-0.25, -0.2) is 0 Å². The second-order valence-corrected chi connectivity index (χ2v) is 17.7. The lowest BCUT2D eigenvalue weighted by Gasteiger charge is -2.34. The highest BCUT2D eigenvalue weighted by molar-refractivity contribution is 5.93. The third-order valence-electron chi connectivity index (χ3n) is 12.1. The first-order valence-electron chi connectivity index (χ1n) is 24.6. The van der Waals surface area contributed by atoms with Gasteiger partial charge in [-0.2, -0.15) is 0 Å². The SMILES string of the molecule is CCCCN(CC(=O)N(CCCCN)CC(=O)N(CC(=O)N(CCO)CC(=O)N(CCCCN)CC(C)=O)[C@@H](C)c1ccccc1)C(=O)CN(Cc1c[nH]c2ccccc12)C(=O)CN(CCOC)C(C)=O. The van der Waals surface area contributed by atoms with Crippen LogP contribution in [-0.4, -0.2) is 203 Å². The molecule has 1 heterocycles. The molecule has 0 bridgehead atoms. The number of aromatic amines is 1. The largest absolute Gasteiger partial charge is 0.395 e. The van der Waals surface area contributed by atoms with E-state index in [1.165, 1.54) is 50.4 Å². The highest BCUT2D eigenvalue weighted by Gasteiger charge is 2.32. The maximum absolute atomic E-state index is 14.7. The van der Waals surface area contributed by atoms with Crippen molar-refractivity contribution in [3.05, 3.63) is 71.9 Å². The van der Waals surface area contributed by atoms with E-state index in [1.807, 2.05) is 37.3 Å². The fourth-order valence-electron chi connectivity index (χ4n) is 7.96. The number of rotatable bonds is 34. The maximum atomic E-state index is 14.7. The Bertz CT molecular complexity index is 2170. The summed E-state index contributed by atoms with van der Waals surface area (Å²) in [6, 6.07) is 15.9. The fourth-order valence-corrected chi connectivity index (χ4v) is 7.96. The van der Waals surface area contributed by atoms with Gasteiger partial charge in [0, 0.05) is 70.4 Å². The zero-order chi connectivity index (χ0) is 52.3. The van der Waals surface area contributed by atoms with Crippen molar-refractivity contribution in [3.8, 4) is 0 Å². The molecular weight excluding hydrogens is 913 g/mol. The van der Waals surface area contributed by atoms with Crippen LogP contribution < -0.4 is 11.5 Å². The molecule has 20 nitrogen and oxygen atoms in total. The highest BCUT2D eigenvalue weighted by Crippen LogP contribution is 2.22. The first kappa shape index (κ1) is 59.1. The second-order valence-electron chi connectivity index (χ2n) is 17.7. The summed E-state index contributed by atoms with van der Waals surface area (Å²) in [5.41, 5.74) is 13.8. The summed E-state index contributed by atoms with van der Waals surface area (Å²) < 4.78 is 5.17. The number of ether oxygens (including phenoxy) is 1. The molecular formula is C51H78N10O10. The van der Waals surface area contributed by atoms with Crippen molar-refractivity contribution in [2.75, 3.05) is 112 Å². The van der Waals surface area contributed by atoms with Crippen LogP contribution in [0, 0.1) is 0 Å². The molecule has 0 fully saturated rings. The van der Waals surface area contributed by atoms with Crippen LogP contribution in [-0.2, 0) is 49.6 Å². The summed E-state index contributed by atoms with van der Waals surface area (Å²) in [6.45, 7) is 4.64. The number of aliphatic hydroxyl groups is 1. The first-order chi connectivity index (χ1) is 34.1. The summed E-state index contributed by atoms with van der Waals surface area (Å²) in [5.74, 6) is -3.84. The first-order valence-corrected chi connectivity index (χ1v) is 24.6. The molecule has 6 N–H and O–H groups in total. The van der Waals surface area contributed by atoms with Crippen LogP contribution in [0.15, 0.2) is 60.8 Å². The van der Waals surface area contributed by atoms with Crippen LogP contribution in [0.5, 0.6) is 0 Å². The number of nitrogens with two attached hydrogens (primary N) is 2. The van der Waals surface area contributed by atoms with Crippen molar-refractivity contribution in [1.82, 2.24) is 39.3 Å². The van der Waals surface area contributed by atoms with Gasteiger partial charge in [-0.15, -0.1) is 0 Å². The van der Waals surface area contributed by atoms with Crippen molar-refractivity contribution in [1.29, 1.82) is 0 Å². The summed E-state index contributed by atoms with van der Waals surface area (Å²) in [5, 5.41) is 10.9. The van der Waals surface area contributed by atoms with Crippen molar-refractivity contribution in [3.63, 3.8) is 0 Å². The van der Waals surface area contributed by atoms with E-state index in [0.29, 0.717) is 57.2 Å². The van der Waals surface area contributed by atoms with Gasteiger partial charge in [0.05, 0.1) is 52.0 Å². The van der Waals surface area contributed by atoms with E-state index in [0.717, 1.165) is 21.4 Å². The van der Waals surface area contributed by atoms with Crippen molar-refractivity contribution < 1.29 is 48.2 Å². The number of aliphatic hydroxyl groups excluding tert-OH is 1. The molecule has 2 aromatic carbocycles. The average Bonchev–Trinajstić information content (AvgIpc) is 3.76. The maximum Gasteiger partial charge on any atom is 0.243 e. The molecule has 0 aliphatic rings. The number of nitrogens with one attached hydrogen (secondary N) is 1. The van der Waals surface area contributed by atoms with Gasteiger partial charge in [-0.05, 0) is 76.2 Å². The molecule has 3 aromatic rings. The standard InChI is InChI=1S/C51H78N10O10/c1-6-7-23-57(48(67)36-60(49(68)33-55(41(4)64)27-29-71-5)32-43-30-54-45-20-12-11-19-44(43)45)34-47(66)58(25-16-14-22-53)37-51(70)61(40(3)42-17-9-8-10-18-42)38-50(69)59(26-28-62)35-46(65)56(31-39(2)63)24-15-13-21-52/h8-12,17-20,30,40,54,62H,6-7,13-16,21-29,31-38,52-53H2,1-5H3/t40-/m0/s1. The van der Waals surface area contributed by atoms with E-state index < -0.39 is 80.8 Å². The third-order valence-corrected chi connectivity index (χ3v) is 12.1. The molecule has 1 aromatic heterocycles. The number of methoxy groups -OCH3 is 1. The molecule has 71 heavy (non-hydrogen) atoms. The average molecular weight is 991 g/mol. The fraction of sp³-hybridized carbons (Fsp3) is 0.569. The molecule has 392 valence electrons. The van der Waals surface area contributed by atoms with E-state index in [2.05, 4.69) is 4.98 Å². The normalized spacial score (nSPS) is 11.4. The van der Waals surface area contributed by atoms with E-state index in [9.17, 15) is 43.5 Å². The molecule has 0 radical (unpaired) electrons. The lowest BCUT2D eigenvalue weighted by atomic mass is 10.1. The van der Waals surface area contributed by atoms with Crippen LogP contribution >= 0.6 is 0 Å². The number of para-hydroxylation sites is 1. The number of ketones is 1. The number of aromatic nitrogens is 1. The van der Waals surface area contributed by atoms with E-state index >= 15 is 0 Å². The van der Waals surface area contributed by atoms with E-state index in [4.69, 9.17) is 16.2 Å². The van der Waals surface area contributed by atoms with Crippen LogP contribution in [0.25, 0.3) is 10.9 Å². The third kappa shape index (κ3) is 19.8. The number of nitrogens with zero attached hydrogens (tertiary/aromatic N) is 7. The number of amides is 7. The Hall–Kier alpha value is -6.22. The van der Waals surface area contributed by atoms with E-state index in [1.54, 1.807) is 37.4 Å². The van der Waals surface area contributed by atoms with Gasteiger partial charge in [-0.3, -0.25) is 38.4 Å². The lowest BCUT2D eigenvalue weighted by Crippen LogP contribution is -2.52. The lowest BCUT2D eigenvalue weighted by molar-refractivity contribution is -0.149. The number of H-pyrrole nitrogens is 1. The number of carbonyl (C=O) groups excluding carboxylic acids is 8. The number of hydrogen-bond donors (Lipinski definition) is 4. The van der Waals surface area contributed by atoms with E-state index in [-0.39, 0.29) is 70.7 Å². The number of hydrogen-bond acceptors (Lipinski definition) is 12. The molecule has 3 rings (SSSR count). The molecule has 0 aliphatic heterocycles. The molecule has 1 atom stereocenters. The van der Waals surface area contributed by atoms with Crippen LogP contribution in [0.1, 0.15) is 83.4 Å². The van der Waals surface area contributed by atoms with Crippen LogP contribution in [0.4, 0.5) is 0 Å². The predicted octanol–water partition coefficient (Wildman–Crippen LogP) is 1.75. The Balaban J connectivity index is 1.95. The molecule has 20 heteroatoms. The minimum atomic E-state index is -0.692. The summed E-state index contributed by atoms with van der Waals surface area (Å²) in [6.07, 6.45) is 5.13. The van der Waals surface area contributed by atoms with Gasteiger partial charge >= 0.3 is 0 Å². The topological polar surface area (TPSA) is 257 Å². The highest BCUT2D eigenvalue weighted by atomic mass is 16.5. The van der Waals surface area contributed by atoms with Gasteiger partial charge in [0.25, 0.3) is 0 Å². The quantitative estimate of drug-likeness (QED) is 0.0625. The van der Waals surface area contributed by atoms with Gasteiger partial charge in [0.2, 0.25) is 41.4 Å². The Labute approximate surface area is 418 Å². The monoisotopic (exact) mass is 991 g/mol. The van der Waals surface area contributed by atoms with Crippen LogP contribution in [0.2, 0.25) is 0 Å². The zero-order valence-electron chi connectivity index (χ0n) is 42.5. The Morgan fingerprint density at radius 2 is 1.08 bits per heavy atom. The summed E-state index contributed by atoms with van der Waals surface area (Å²) in [7, 11) is 1.49. The van der Waals surface area contributed by atoms with Crippen molar-refractivity contribution in [2.24, 2.45) is 11.5 Å². The second kappa shape index (κ2) is 31.9. The van der Waals surface area contributed by atoms with Crippen molar-refractivity contribution >= 4 is 58.0 Å². The number of carbonyl (C=O) groups is 8. The number of benzene rings is 2. The number of fused-ring (bicyclic) bond motifs is 1. The summed E-state index contributed by atoms with van der Waals surface area (Å²) >= 11 is 0. The minimum Gasteiger partial charge on any atom is -0.395 e. The molecule has 0 aliphatic carbocycles. The molecule has 0 spiro atoms. The Morgan fingerprint density at radius 3 is 1.63 bits per heavy atom. The van der Waals surface area contributed by atoms with Gasteiger partial charge in [0.15, 0.2) is 0 Å². The number of unbranched alkanes of at least 4 members (excludes halogenated alkanes) is 3. The Kier molecular flexibility index (Phi) is 26.5. The predicted molar refractivity (Wildman–Crippen MR) is 270 cm³/mol. The smallest absolute Gasteiger partial charge is 0.243 e. The minimum absolute atomic E-state index is 0.0312. The molecule has 7 amide bonds. The number of Topliss-reactive ketones (excluding diaryl/α,β-unsaturated/α-hetero) is 1. The van der Waals surface area contributed by atoms with Crippen LogP contribution in [0.3, 0.4) is 0 Å². The zero-order valence-corrected chi connectivity index (χ0v) is 42.5. The molecule has 0 saturated carbocycles. The molecule has 0 unspecified atom stereocenters. The van der Waals surface area contributed by atoms with Gasteiger partial charge in [0.1, 0.15) is 18.9 Å². The Morgan fingerprint density at radius 1 is 0.592 bits per heavy atom. The summed E-state index contributed by atoms with van der Waals surface area (Å²) in [4.78, 5) is 123. The van der Waals surface area contributed by atoms with Crippen molar-refractivity contribution in [2.45, 2.75) is 78.8 Å². The molecule has 0 saturated heterocycles. The van der Waals surface area contributed by atoms with Gasteiger partial charge < -0.3 is 60.6 Å². The van der Waals surface area contributed by atoms with Gasteiger partial charge in [-0.1, -0.05) is 61.9 Å².